The number of nitrogens with zero attached hydrogens (tertiary/aromatic N) is 2. The second-order valence-electron chi connectivity index (χ2n) is 5.66. The maximum absolute atomic E-state index is 12.3. The molecular weight excluding hydrogens is 338 g/mol. The largest absolute Gasteiger partial charge is 0.492 e. The second-order valence-corrected chi connectivity index (χ2v) is 6.10. The normalized spacial score (nSPS) is 10.7. The smallest absolute Gasteiger partial charge is 0.251 e. The Kier molecular flexibility index (Phi) is 5.14. The molecule has 6 heteroatoms. The molecule has 2 aromatic carbocycles. The molecule has 0 saturated carbocycles. The highest BCUT2D eigenvalue weighted by Gasteiger charge is 2.08. The molecule has 5 nitrogen and oxygen atoms in total. The Labute approximate surface area is 151 Å². The third kappa shape index (κ3) is 4.25. The fourth-order valence-electron chi connectivity index (χ4n) is 2.36. The number of benzene rings is 2. The van der Waals surface area contributed by atoms with Gasteiger partial charge >= 0.3 is 0 Å². The number of amides is 1. The van der Waals surface area contributed by atoms with Crippen LogP contribution in [0.1, 0.15) is 21.7 Å². The maximum atomic E-state index is 12.3. The number of aryl methyl sites for hydroxylation is 2. The lowest BCUT2D eigenvalue weighted by atomic mass is 10.1. The van der Waals surface area contributed by atoms with E-state index in [1.54, 1.807) is 24.3 Å². The zero-order chi connectivity index (χ0) is 17.8. The van der Waals surface area contributed by atoms with Crippen molar-refractivity contribution in [2.45, 2.75) is 13.8 Å². The number of carbonyl (C=O) groups excluding carboxylic acids is 1. The van der Waals surface area contributed by atoms with E-state index in [-0.39, 0.29) is 5.91 Å². The van der Waals surface area contributed by atoms with E-state index in [0.29, 0.717) is 35.0 Å². The lowest BCUT2D eigenvalue weighted by Gasteiger charge is -2.09. The third-order valence-electron chi connectivity index (χ3n) is 3.79. The van der Waals surface area contributed by atoms with E-state index >= 15 is 0 Å². The standard InChI is InChI=1S/C19H18ClN3O2/c1-12-13(2)23-18-10-14(6-7-17(18)22-12)19(24)21-8-9-25-16-5-3-4-15(20)11-16/h3-7,10-11H,8-9H2,1-2H3,(H,21,24). The predicted octanol–water partition coefficient (Wildman–Crippen LogP) is 3.71. The van der Waals surface area contributed by atoms with Gasteiger partial charge in [-0.1, -0.05) is 17.7 Å². The van der Waals surface area contributed by atoms with E-state index in [0.717, 1.165) is 16.9 Å². The summed E-state index contributed by atoms with van der Waals surface area (Å²) in [6, 6.07) is 12.5. The van der Waals surface area contributed by atoms with Crippen molar-refractivity contribution in [2.24, 2.45) is 0 Å². The molecule has 1 N–H and O–H groups in total. The molecule has 25 heavy (non-hydrogen) atoms. The maximum Gasteiger partial charge on any atom is 0.251 e. The summed E-state index contributed by atoms with van der Waals surface area (Å²) < 4.78 is 5.55. The van der Waals surface area contributed by atoms with Gasteiger partial charge in [-0.25, -0.2) is 9.97 Å². The molecule has 128 valence electrons. The van der Waals surface area contributed by atoms with Crippen LogP contribution in [0.4, 0.5) is 0 Å². The molecule has 3 rings (SSSR count). The molecular formula is C19H18ClN3O2. The Morgan fingerprint density at radius 2 is 1.84 bits per heavy atom. The lowest BCUT2D eigenvalue weighted by Crippen LogP contribution is -2.28. The molecule has 0 aliphatic heterocycles. The Morgan fingerprint density at radius 1 is 1.08 bits per heavy atom. The van der Waals surface area contributed by atoms with Crippen LogP contribution in [0.25, 0.3) is 11.0 Å². The monoisotopic (exact) mass is 355 g/mol. The molecule has 0 radical (unpaired) electrons. The van der Waals surface area contributed by atoms with Gasteiger partial charge in [-0.2, -0.15) is 0 Å². The topological polar surface area (TPSA) is 64.1 Å². The van der Waals surface area contributed by atoms with Crippen molar-refractivity contribution in [3.05, 3.63) is 64.4 Å². The van der Waals surface area contributed by atoms with Crippen molar-refractivity contribution >= 4 is 28.5 Å². The van der Waals surface area contributed by atoms with Crippen molar-refractivity contribution in [3.63, 3.8) is 0 Å². The van der Waals surface area contributed by atoms with Crippen LogP contribution in [0.3, 0.4) is 0 Å². The van der Waals surface area contributed by atoms with Crippen molar-refractivity contribution in [2.75, 3.05) is 13.2 Å². The van der Waals surface area contributed by atoms with Crippen molar-refractivity contribution in [1.82, 2.24) is 15.3 Å². The summed E-state index contributed by atoms with van der Waals surface area (Å²) >= 11 is 5.90. The van der Waals surface area contributed by atoms with Gasteiger partial charge in [0.1, 0.15) is 12.4 Å². The number of halogens is 1. The summed E-state index contributed by atoms with van der Waals surface area (Å²) in [5.41, 5.74) is 3.80. The van der Waals surface area contributed by atoms with Gasteiger partial charge in [-0.05, 0) is 50.2 Å². The molecule has 0 saturated heterocycles. The van der Waals surface area contributed by atoms with Gasteiger partial charge in [0.2, 0.25) is 0 Å². The van der Waals surface area contributed by atoms with E-state index in [1.165, 1.54) is 0 Å². The van der Waals surface area contributed by atoms with Gasteiger partial charge in [0.25, 0.3) is 5.91 Å². The van der Waals surface area contributed by atoms with Crippen LogP contribution in [0.5, 0.6) is 5.75 Å². The van der Waals surface area contributed by atoms with Gasteiger partial charge < -0.3 is 10.1 Å². The average molecular weight is 356 g/mol. The minimum atomic E-state index is -0.170. The van der Waals surface area contributed by atoms with Gasteiger partial charge in [0, 0.05) is 10.6 Å². The van der Waals surface area contributed by atoms with Crippen molar-refractivity contribution in [1.29, 1.82) is 0 Å². The molecule has 0 bridgehead atoms. The number of aromatic nitrogens is 2. The first-order valence-electron chi connectivity index (χ1n) is 7.94. The molecule has 0 aliphatic carbocycles. The van der Waals surface area contributed by atoms with Gasteiger partial charge in [0.05, 0.1) is 29.0 Å². The first-order valence-corrected chi connectivity index (χ1v) is 8.32. The highest BCUT2D eigenvalue weighted by atomic mass is 35.5. The van der Waals surface area contributed by atoms with Crippen LogP contribution < -0.4 is 10.1 Å². The first-order chi connectivity index (χ1) is 12.0. The van der Waals surface area contributed by atoms with Gasteiger partial charge in [-0.3, -0.25) is 4.79 Å². The first kappa shape index (κ1) is 17.2. The molecule has 0 unspecified atom stereocenters. The average Bonchev–Trinajstić information content (AvgIpc) is 2.59. The van der Waals surface area contributed by atoms with Crippen LogP contribution in [0.15, 0.2) is 42.5 Å². The molecule has 3 aromatic rings. The fraction of sp³-hybridized carbons (Fsp3) is 0.211. The molecule has 0 aliphatic rings. The minimum absolute atomic E-state index is 0.170. The van der Waals surface area contributed by atoms with E-state index < -0.39 is 0 Å². The molecule has 1 heterocycles. The summed E-state index contributed by atoms with van der Waals surface area (Å²) in [5.74, 6) is 0.505. The highest BCUT2D eigenvalue weighted by molar-refractivity contribution is 6.30. The molecule has 1 aromatic heterocycles. The Hall–Kier alpha value is -2.66. The Balaban J connectivity index is 1.59. The zero-order valence-electron chi connectivity index (χ0n) is 14.0. The third-order valence-corrected chi connectivity index (χ3v) is 4.03. The summed E-state index contributed by atoms with van der Waals surface area (Å²) in [4.78, 5) is 21.2. The lowest BCUT2D eigenvalue weighted by molar-refractivity contribution is 0.0947. The van der Waals surface area contributed by atoms with Crippen LogP contribution in [-0.4, -0.2) is 29.0 Å². The summed E-state index contributed by atoms with van der Waals surface area (Å²) in [6.45, 7) is 4.57. The number of ether oxygens (including phenoxy) is 1. The van der Waals surface area contributed by atoms with Crippen LogP contribution >= 0.6 is 11.6 Å². The molecule has 0 fully saturated rings. The molecule has 1 amide bonds. The number of nitrogens with one attached hydrogen (secondary N) is 1. The number of hydrogen-bond donors (Lipinski definition) is 1. The number of hydrogen-bond acceptors (Lipinski definition) is 4. The van der Waals surface area contributed by atoms with Gasteiger partial charge in [0.15, 0.2) is 0 Å². The number of carbonyl (C=O) groups is 1. The summed E-state index contributed by atoms with van der Waals surface area (Å²) in [7, 11) is 0. The molecule has 0 atom stereocenters. The summed E-state index contributed by atoms with van der Waals surface area (Å²) in [6.07, 6.45) is 0. The van der Waals surface area contributed by atoms with E-state index in [2.05, 4.69) is 15.3 Å². The SMILES string of the molecule is Cc1nc2ccc(C(=O)NCCOc3cccc(Cl)c3)cc2nc1C. The van der Waals surface area contributed by atoms with E-state index in [4.69, 9.17) is 16.3 Å². The zero-order valence-corrected chi connectivity index (χ0v) is 14.8. The fourth-order valence-corrected chi connectivity index (χ4v) is 2.54. The minimum Gasteiger partial charge on any atom is -0.492 e. The Morgan fingerprint density at radius 3 is 2.60 bits per heavy atom. The van der Waals surface area contributed by atoms with Crippen LogP contribution in [0, 0.1) is 13.8 Å². The predicted molar refractivity (Wildman–Crippen MR) is 98.3 cm³/mol. The second kappa shape index (κ2) is 7.49. The van der Waals surface area contributed by atoms with Gasteiger partial charge in [-0.15, -0.1) is 0 Å². The van der Waals surface area contributed by atoms with Crippen molar-refractivity contribution in [3.8, 4) is 5.75 Å². The quantitative estimate of drug-likeness (QED) is 0.709. The van der Waals surface area contributed by atoms with Crippen molar-refractivity contribution < 1.29 is 9.53 Å². The summed E-state index contributed by atoms with van der Waals surface area (Å²) in [5, 5.41) is 3.44. The van der Waals surface area contributed by atoms with Crippen LogP contribution in [0.2, 0.25) is 5.02 Å². The Bertz CT molecular complexity index is 928. The van der Waals surface area contributed by atoms with E-state index in [9.17, 15) is 4.79 Å². The highest BCUT2D eigenvalue weighted by Crippen LogP contribution is 2.17. The molecule has 0 spiro atoms. The number of rotatable bonds is 5. The van der Waals surface area contributed by atoms with E-state index in [1.807, 2.05) is 32.0 Å². The number of fused-ring (bicyclic) bond motifs is 1. The van der Waals surface area contributed by atoms with Crippen LogP contribution in [-0.2, 0) is 0 Å².